The molecule has 4 amide bonds. The number of imide groups is 1. The van der Waals surface area contributed by atoms with E-state index in [1.165, 1.54) is 4.90 Å². The third-order valence-corrected chi connectivity index (χ3v) is 7.46. The highest BCUT2D eigenvalue weighted by atomic mass is 16.5. The molecule has 3 heterocycles. The van der Waals surface area contributed by atoms with Crippen LogP contribution in [0, 0.1) is 0 Å². The SMILES string of the molecule is CCCOCCOCCOCCNC(=O)CNc1nc(Nc2ccc3c(c2)C(=O)N(C2CCC(=O)NC2=O)C3)c2ccccc2n1. The Bertz CT molecular complexity index is 1570. The van der Waals surface area contributed by atoms with Crippen LogP contribution in [0.4, 0.5) is 17.5 Å². The average Bonchev–Trinajstić information content (AvgIpc) is 3.37. The number of fused-ring (bicyclic) bond motifs is 2. The van der Waals surface area contributed by atoms with Gasteiger partial charge in [0.25, 0.3) is 5.91 Å². The molecule has 0 aliphatic carbocycles. The Morgan fingerprint density at radius 2 is 1.74 bits per heavy atom. The van der Waals surface area contributed by atoms with E-state index in [2.05, 4.69) is 38.2 Å². The summed E-state index contributed by atoms with van der Waals surface area (Å²) in [7, 11) is 0. The van der Waals surface area contributed by atoms with Gasteiger partial charge < -0.3 is 35.1 Å². The van der Waals surface area contributed by atoms with Crippen LogP contribution in [0.3, 0.4) is 0 Å². The number of aromatic nitrogens is 2. The van der Waals surface area contributed by atoms with Gasteiger partial charge in [-0.15, -0.1) is 0 Å². The molecule has 1 atom stereocenters. The number of para-hydroxylation sites is 1. The molecule has 1 fully saturated rings. The van der Waals surface area contributed by atoms with Gasteiger partial charge in [0, 0.05) is 42.8 Å². The monoisotopic (exact) mass is 633 g/mol. The van der Waals surface area contributed by atoms with E-state index in [0.717, 1.165) is 24.0 Å². The molecule has 4 N–H and O–H groups in total. The van der Waals surface area contributed by atoms with E-state index in [-0.39, 0.29) is 36.6 Å². The highest BCUT2D eigenvalue weighted by molar-refractivity contribution is 6.06. The lowest BCUT2D eigenvalue weighted by atomic mass is 10.0. The number of amides is 4. The van der Waals surface area contributed by atoms with Gasteiger partial charge in [-0.2, -0.15) is 4.98 Å². The molecule has 0 bridgehead atoms. The molecule has 0 radical (unpaired) electrons. The topological polar surface area (TPSA) is 173 Å². The Morgan fingerprint density at radius 1 is 0.978 bits per heavy atom. The van der Waals surface area contributed by atoms with E-state index in [1.807, 2.05) is 36.4 Å². The summed E-state index contributed by atoms with van der Waals surface area (Å²) in [4.78, 5) is 60.3. The number of nitrogens with zero attached hydrogens (tertiary/aromatic N) is 3. The zero-order valence-corrected chi connectivity index (χ0v) is 25.8. The number of rotatable bonds is 17. The number of anilines is 3. The van der Waals surface area contributed by atoms with E-state index in [9.17, 15) is 19.2 Å². The van der Waals surface area contributed by atoms with Crippen molar-refractivity contribution in [1.82, 2.24) is 25.5 Å². The molecule has 46 heavy (non-hydrogen) atoms. The van der Waals surface area contributed by atoms with E-state index in [0.29, 0.717) is 75.1 Å². The Kier molecular flexibility index (Phi) is 11.4. The zero-order chi connectivity index (χ0) is 32.3. The van der Waals surface area contributed by atoms with Crippen LogP contribution in [0.2, 0.25) is 0 Å². The smallest absolute Gasteiger partial charge is 0.255 e. The first kappa shape index (κ1) is 32.7. The average molecular weight is 634 g/mol. The Hall–Kier alpha value is -4.66. The summed E-state index contributed by atoms with van der Waals surface area (Å²) in [6.07, 6.45) is 1.48. The number of carbonyl (C=O) groups is 4. The maximum atomic E-state index is 13.3. The molecule has 1 unspecified atom stereocenters. The second kappa shape index (κ2) is 16.1. The van der Waals surface area contributed by atoms with Crippen molar-refractivity contribution in [3.05, 3.63) is 53.6 Å². The van der Waals surface area contributed by atoms with Crippen LogP contribution in [-0.4, -0.2) is 97.3 Å². The van der Waals surface area contributed by atoms with Crippen molar-refractivity contribution in [2.75, 3.05) is 63.4 Å². The van der Waals surface area contributed by atoms with Gasteiger partial charge >= 0.3 is 0 Å². The van der Waals surface area contributed by atoms with Crippen molar-refractivity contribution < 1.29 is 33.4 Å². The van der Waals surface area contributed by atoms with Gasteiger partial charge in [-0.25, -0.2) is 4.98 Å². The van der Waals surface area contributed by atoms with Crippen LogP contribution >= 0.6 is 0 Å². The minimum Gasteiger partial charge on any atom is -0.379 e. The second-order valence-electron chi connectivity index (χ2n) is 10.9. The second-order valence-corrected chi connectivity index (χ2v) is 10.9. The molecule has 14 nitrogen and oxygen atoms in total. The van der Waals surface area contributed by atoms with E-state index in [4.69, 9.17) is 14.2 Å². The predicted molar refractivity (Wildman–Crippen MR) is 170 cm³/mol. The Balaban J connectivity index is 1.13. The van der Waals surface area contributed by atoms with Crippen LogP contribution in [0.15, 0.2) is 42.5 Å². The van der Waals surface area contributed by atoms with Gasteiger partial charge in [-0.05, 0) is 42.7 Å². The van der Waals surface area contributed by atoms with Crippen molar-refractivity contribution in [3.63, 3.8) is 0 Å². The van der Waals surface area contributed by atoms with Gasteiger partial charge in [0.15, 0.2) is 0 Å². The lowest BCUT2D eigenvalue weighted by molar-refractivity contribution is -0.137. The maximum Gasteiger partial charge on any atom is 0.255 e. The first-order valence-corrected chi connectivity index (χ1v) is 15.5. The molecule has 2 aromatic carbocycles. The van der Waals surface area contributed by atoms with Crippen LogP contribution in [0.1, 0.15) is 42.1 Å². The summed E-state index contributed by atoms with van der Waals surface area (Å²) in [6, 6.07) is 12.2. The van der Waals surface area contributed by atoms with Crippen LogP contribution in [-0.2, 0) is 35.1 Å². The number of benzene rings is 2. The van der Waals surface area contributed by atoms with Gasteiger partial charge in [0.1, 0.15) is 11.9 Å². The number of carbonyl (C=O) groups excluding carboxylic acids is 4. The predicted octanol–water partition coefficient (Wildman–Crippen LogP) is 2.12. The minimum absolute atomic E-state index is 0.0395. The summed E-state index contributed by atoms with van der Waals surface area (Å²) >= 11 is 0. The van der Waals surface area contributed by atoms with Gasteiger partial charge in [0.2, 0.25) is 23.7 Å². The number of nitrogens with one attached hydrogen (secondary N) is 4. The number of hydrogen-bond acceptors (Lipinski definition) is 11. The van der Waals surface area contributed by atoms with Crippen LogP contribution in [0.5, 0.6) is 0 Å². The minimum atomic E-state index is -0.682. The third kappa shape index (κ3) is 8.53. The maximum absolute atomic E-state index is 13.3. The lowest BCUT2D eigenvalue weighted by Gasteiger charge is -2.29. The lowest BCUT2D eigenvalue weighted by Crippen LogP contribution is -2.52. The van der Waals surface area contributed by atoms with Crippen LogP contribution in [0.25, 0.3) is 10.9 Å². The highest BCUT2D eigenvalue weighted by Gasteiger charge is 2.39. The molecule has 1 saturated heterocycles. The fourth-order valence-corrected chi connectivity index (χ4v) is 5.19. The third-order valence-electron chi connectivity index (χ3n) is 7.46. The van der Waals surface area contributed by atoms with Crippen molar-refractivity contribution >= 4 is 52.0 Å². The molecule has 3 aromatic rings. The van der Waals surface area contributed by atoms with Crippen molar-refractivity contribution in [2.24, 2.45) is 0 Å². The molecule has 244 valence electrons. The number of piperidine rings is 1. The zero-order valence-electron chi connectivity index (χ0n) is 25.8. The van der Waals surface area contributed by atoms with Gasteiger partial charge in [0.05, 0.1) is 45.1 Å². The fraction of sp³-hybridized carbons (Fsp3) is 0.438. The van der Waals surface area contributed by atoms with Crippen molar-refractivity contribution in [2.45, 2.75) is 38.8 Å². The van der Waals surface area contributed by atoms with E-state index < -0.39 is 11.9 Å². The summed E-state index contributed by atoms with van der Waals surface area (Å²) in [6.45, 7) is 5.73. The summed E-state index contributed by atoms with van der Waals surface area (Å²) < 4.78 is 16.3. The van der Waals surface area contributed by atoms with Gasteiger partial charge in [-0.1, -0.05) is 25.1 Å². The molecule has 14 heteroatoms. The summed E-state index contributed by atoms with van der Waals surface area (Å²) in [5.41, 5.74) is 2.57. The number of hydrogen-bond donors (Lipinski definition) is 4. The molecular formula is C32H39N7O7. The molecule has 1 aromatic heterocycles. The van der Waals surface area contributed by atoms with Gasteiger partial charge in [-0.3, -0.25) is 24.5 Å². The van der Waals surface area contributed by atoms with Crippen molar-refractivity contribution in [1.29, 1.82) is 0 Å². The molecular weight excluding hydrogens is 594 g/mol. The standard InChI is InChI=1S/C32H39N7O7/c1-2-12-44-14-16-46-17-15-45-13-11-33-28(41)19-34-32-36-25-6-4-3-5-23(25)29(38-32)35-22-8-7-21-20-39(31(43)24(21)18-22)26-9-10-27(40)37-30(26)42/h3-8,18,26H,2,9-17,19-20H2,1H3,(H,33,41)(H,37,40,42)(H2,34,35,36,38). The molecule has 0 spiro atoms. The largest absolute Gasteiger partial charge is 0.379 e. The van der Waals surface area contributed by atoms with Crippen LogP contribution < -0.4 is 21.3 Å². The van der Waals surface area contributed by atoms with Crippen molar-refractivity contribution in [3.8, 4) is 0 Å². The Labute approximate surface area is 266 Å². The Morgan fingerprint density at radius 3 is 2.52 bits per heavy atom. The van der Waals surface area contributed by atoms with E-state index in [1.54, 1.807) is 6.07 Å². The molecule has 2 aliphatic rings. The first-order valence-electron chi connectivity index (χ1n) is 15.5. The highest BCUT2D eigenvalue weighted by Crippen LogP contribution is 2.31. The number of ether oxygens (including phenoxy) is 3. The van der Waals surface area contributed by atoms with E-state index >= 15 is 0 Å². The molecule has 5 rings (SSSR count). The summed E-state index contributed by atoms with van der Waals surface area (Å²) in [5.74, 6) is -0.523. The fourth-order valence-electron chi connectivity index (χ4n) is 5.19. The molecule has 2 aliphatic heterocycles. The normalized spacial score (nSPS) is 16.0. The molecule has 0 saturated carbocycles. The quantitative estimate of drug-likeness (QED) is 0.127. The first-order chi connectivity index (χ1) is 22.4. The summed E-state index contributed by atoms with van der Waals surface area (Å²) in [5, 5.41) is 12.1.